The van der Waals surface area contributed by atoms with Gasteiger partial charge in [0.05, 0.1) is 18.8 Å². The average molecular weight is 292 g/mol. The summed E-state index contributed by atoms with van der Waals surface area (Å²) in [6, 6.07) is 7.57. The van der Waals surface area contributed by atoms with Crippen LogP contribution in [0.15, 0.2) is 24.3 Å². The summed E-state index contributed by atoms with van der Waals surface area (Å²) >= 11 is 0. The number of anilines is 1. The standard InChI is InChI=1S/C16H24N2O3/c1-3-9-21-15-11-18(8-7-14(15)17)13-6-4-5-12(10-13)16(19)20-2/h4-6,10,14-15H,3,7-9,11,17H2,1-2H3/t14-,15+/m1/s1. The van der Waals surface area contributed by atoms with Crippen LogP contribution >= 0.6 is 0 Å². The zero-order chi connectivity index (χ0) is 15.2. The van der Waals surface area contributed by atoms with Crippen LogP contribution in [-0.2, 0) is 9.47 Å². The van der Waals surface area contributed by atoms with E-state index in [9.17, 15) is 4.79 Å². The van der Waals surface area contributed by atoms with Gasteiger partial charge < -0.3 is 20.1 Å². The lowest BCUT2D eigenvalue weighted by Crippen LogP contribution is -2.52. The van der Waals surface area contributed by atoms with E-state index in [2.05, 4.69) is 11.8 Å². The zero-order valence-corrected chi connectivity index (χ0v) is 12.7. The molecule has 1 heterocycles. The van der Waals surface area contributed by atoms with Gasteiger partial charge in [-0.25, -0.2) is 4.79 Å². The summed E-state index contributed by atoms with van der Waals surface area (Å²) in [4.78, 5) is 13.8. The van der Waals surface area contributed by atoms with Crippen molar-refractivity contribution in [3.05, 3.63) is 29.8 Å². The molecule has 1 fully saturated rings. The molecule has 5 heteroatoms. The summed E-state index contributed by atoms with van der Waals surface area (Å²) in [6.45, 7) is 4.45. The molecule has 0 aromatic heterocycles. The van der Waals surface area contributed by atoms with Crippen LogP contribution in [0, 0.1) is 0 Å². The van der Waals surface area contributed by atoms with Gasteiger partial charge in [-0.05, 0) is 31.0 Å². The van der Waals surface area contributed by atoms with E-state index in [1.165, 1.54) is 7.11 Å². The molecule has 2 N–H and O–H groups in total. The second-order valence-corrected chi connectivity index (χ2v) is 5.35. The van der Waals surface area contributed by atoms with E-state index >= 15 is 0 Å². The maximum Gasteiger partial charge on any atom is 0.337 e. The molecule has 0 amide bonds. The SMILES string of the molecule is CCCO[C@H]1CN(c2cccc(C(=O)OC)c2)CC[C@H]1N. The van der Waals surface area contributed by atoms with Gasteiger partial charge in [0.1, 0.15) is 0 Å². The summed E-state index contributed by atoms with van der Waals surface area (Å²) in [6.07, 6.45) is 1.92. The first-order valence-corrected chi connectivity index (χ1v) is 7.46. The number of methoxy groups -OCH3 is 1. The van der Waals surface area contributed by atoms with Crippen molar-refractivity contribution in [2.45, 2.75) is 31.9 Å². The fourth-order valence-corrected chi connectivity index (χ4v) is 2.56. The van der Waals surface area contributed by atoms with Crippen molar-refractivity contribution < 1.29 is 14.3 Å². The first-order valence-electron chi connectivity index (χ1n) is 7.46. The molecule has 1 aromatic carbocycles. The van der Waals surface area contributed by atoms with Crippen LogP contribution in [0.25, 0.3) is 0 Å². The summed E-state index contributed by atoms with van der Waals surface area (Å²) in [5.41, 5.74) is 7.71. The lowest BCUT2D eigenvalue weighted by molar-refractivity contribution is 0.0310. The van der Waals surface area contributed by atoms with E-state index in [4.69, 9.17) is 15.2 Å². The van der Waals surface area contributed by atoms with Crippen LogP contribution in [0.4, 0.5) is 5.69 Å². The molecule has 2 atom stereocenters. The van der Waals surface area contributed by atoms with Crippen molar-refractivity contribution >= 4 is 11.7 Å². The molecule has 0 radical (unpaired) electrons. The Labute approximate surface area is 126 Å². The van der Waals surface area contributed by atoms with Crippen molar-refractivity contribution in [2.75, 3.05) is 31.7 Å². The Morgan fingerprint density at radius 1 is 1.48 bits per heavy atom. The minimum Gasteiger partial charge on any atom is -0.465 e. The topological polar surface area (TPSA) is 64.8 Å². The molecule has 0 saturated carbocycles. The number of hydrogen-bond acceptors (Lipinski definition) is 5. The normalized spacial score (nSPS) is 22.1. The van der Waals surface area contributed by atoms with Crippen LogP contribution < -0.4 is 10.6 Å². The fraction of sp³-hybridized carbons (Fsp3) is 0.562. The molecule has 21 heavy (non-hydrogen) atoms. The van der Waals surface area contributed by atoms with Crippen molar-refractivity contribution in [2.24, 2.45) is 5.73 Å². The maximum atomic E-state index is 11.6. The van der Waals surface area contributed by atoms with E-state index < -0.39 is 0 Å². The maximum absolute atomic E-state index is 11.6. The van der Waals surface area contributed by atoms with Crippen molar-refractivity contribution in [3.8, 4) is 0 Å². The van der Waals surface area contributed by atoms with Crippen LogP contribution in [0.1, 0.15) is 30.1 Å². The van der Waals surface area contributed by atoms with Gasteiger partial charge in [-0.2, -0.15) is 0 Å². The first-order chi connectivity index (χ1) is 10.2. The highest BCUT2D eigenvalue weighted by atomic mass is 16.5. The quantitative estimate of drug-likeness (QED) is 0.838. The number of rotatable bonds is 5. The second-order valence-electron chi connectivity index (χ2n) is 5.35. The number of esters is 1. The summed E-state index contributed by atoms with van der Waals surface area (Å²) in [7, 11) is 1.39. The van der Waals surface area contributed by atoms with Gasteiger partial charge in [0, 0.05) is 31.4 Å². The predicted molar refractivity (Wildman–Crippen MR) is 82.6 cm³/mol. The lowest BCUT2D eigenvalue weighted by atomic mass is 10.0. The Morgan fingerprint density at radius 2 is 2.29 bits per heavy atom. The van der Waals surface area contributed by atoms with Crippen molar-refractivity contribution in [3.63, 3.8) is 0 Å². The third kappa shape index (κ3) is 3.95. The second kappa shape index (κ2) is 7.43. The third-order valence-electron chi connectivity index (χ3n) is 3.78. The first kappa shape index (κ1) is 15.8. The molecular formula is C16H24N2O3. The van der Waals surface area contributed by atoms with E-state index in [-0.39, 0.29) is 18.1 Å². The zero-order valence-electron chi connectivity index (χ0n) is 12.7. The van der Waals surface area contributed by atoms with Crippen LogP contribution in [0.2, 0.25) is 0 Å². The molecule has 2 rings (SSSR count). The van der Waals surface area contributed by atoms with Crippen LogP contribution in [0.5, 0.6) is 0 Å². The number of carbonyl (C=O) groups is 1. The largest absolute Gasteiger partial charge is 0.465 e. The van der Waals surface area contributed by atoms with E-state index in [1.807, 2.05) is 18.2 Å². The van der Waals surface area contributed by atoms with Crippen molar-refractivity contribution in [1.29, 1.82) is 0 Å². The molecular weight excluding hydrogens is 268 g/mol. The number of benzene rings is 1. The molecule has 116 valence electrons. The van der Waals surface area contributed by atoms with Gasteiger partial charge in [0.15, 0.2) is 0 Å². The summed E-state index contributed by atoms with van der Waals surface area (Å²) in [5.74, 6) is -0.315. The smallest absolute Gasteiger partial charge is 0.337 e. The van der Waals surface area contributed by atoms with Gasteiger partial charge in [0.25, 0.3) is 0 Å². The minimum absolute atomic E-state index is 0.0421. The number of hydrogen-bond donors (Lipinski definition) is 1. The molecule has 0 bridgehead atoms. The van der Waals surface area contributed by atoms with Crippen LogP contribution in [-0.4, -0.2) is 44.9 Å². The number of carbonyl (C=O) groups excluding carboxylic acids is 1. The summed E-state index contributed by atoms with van der Waals surface area (Å²) < 4.78 is 10.6. The Morgan fingerprint density at radius 3 is 3.00 bits per heavy atom. The Kier molecular flexibility index (Phi) is 5.59. The Hall–Kier alpha value is -1.59. The van der Waals surface area contributed by atoms with Gasteiger partial charge in [-0.3, -0.25) is 0 Å². The predicted octanol–water partition coefficient (Wildman–Crippen LogP) is 1.81. The van der Waals surface area contributed by atoms with E-state index in [0.717, 1.165) is 38.2 Å². The fourth-order valence-electron chi connectivity index (χ4n) is 2.56. The highest BCUT2D eigenvalue weighted by Crippen LogP contribution is 2.22. The monoisotopic (exact) mass is 292 g/mol. The van der Waals surface area contributed by atoms with Gasteiger partial charge >= 0.3 is 5.97 Å². The molecule has 0 spiro atoms. The molecule has 0 unspecified atom stereocenters. The number of nitrogens with zero attached hydrogens (tertiary/aromatic N) is 1. The molecule has 1 saturated heterocycles. The lowest BCUT2D eigenvalue weighted by Gasteiger charge is -2.38. The van der Waals surface area contributed by atoms with Gasteiger partial charge in [-0.15, -0.1) is 0 Å². The number of piperidine rings is 1. The van der Waals surface area contributed by atoms with Crippen LogP contribution in [0.3, 0.4) is 0 Å². The van der Waals surface area contributed by atoms with E-state index in [1.54, 1.807) is 6.07 Å². The average Bonchev–Trinajstić information content (AvgIpc) is 2.53. The van der Waals surface area contributed by atoms with Gasteiger partial charge in [-0.1, -0.05) is 13.0 Å². The highest BCUT2D eigenvalue weighted by molar-refractivity contribution is 5.90. The van der Waals surface area contributed by atoms with Crippen molar-refractivity contribution in [1.82, 2.24) is 0 Å². The molecule has 1 aliphatic heterocycles. The minimum atomic E-state index is -0.315. The van der Waals surface area contributed by atoms with Gasteiger partial charge in [0.2, 0.25) is 0 Å². The Bertz CT molecular complexity index is 478. The van der Waals surface area contributed by atoms with E-state index in [0.29, 0.717) is 5.56 Å². The summed E-state index contributed by atoms with van der Waals surface area (Å²) in [5, 5.41) is 0. The molecule has 1 aromatic rings. The Balaban J connectivity index is 2.09. The number of ether oxygens (including phenoxy) is 2. The molecule has 0 aliphatic carbocycles. The number of nitrogens with two attached hydrogens (primary N) is 1. The third-order valence-corrected chi connectivity index (χ3v) is 3.78. The molecule has 1 aliphatic rings. The molecule has 5 nitrogen and oxygen atoms in total. The highest BCUT2D eigenvalue weighted by Gasteiger charge is 2.27.